The van der Waals surface area contributed by atoms with E-state index in [0.29, 0.717) is 17.9 Å². The van der Waals surface area contributed by atoms with Crippen molar-refractivity contribution in [3.05, 3.63) is 53.6 Å². The average molecular weight is 285 g/mol. The number of aromatic nitrogens is 1. The van der Waals surface area contributed by atoms with Crippen molar-refractivity contribution in [3.8, 4) is 0 Å². The molecule has 2 heterocycles. The minimum Gasteiger partial charge on any atom is -0.492 e. The van der Waals surface area contributed by atoms with Crippen molar-refractivity contribution in [2.45, 2.75) is 25.4 Å². The number of pyridine rings is 1. The van der Waals surface area contributed by atoms with Gasteiger partial charge in [0.1, 0.15) is 12.4 Å². The van der Waals surface area contributed by atoms with Crippen LogP contribution in [0.5, 0.6) is 0 Å². The summed E-state index contributed by atoms with van der Waals surface area (Å²) in [6, 6.07) is 5.62. The number of allylic oxidation sites excluding steroid dienone is 1. The van der Waals surface area contributed by atoms with E-state index in [0.717, 1.165) is 12.1 Å². The Kier molecular flexibility index (Phi) is 3.88. The summed E-state index contributed by atoms with van der Waals surface area (Å²) in [7, 11) is 1.69. The van der Waals surface area contributed by atoms with Crippen molar-refractivity contribution < 1.29 is 14.3 Å². The van der Waals surface area contributed by atoms with Crippen molar-refractivity contribution in [2.75, 3.05) is 13.7 Å². The lowest BCUT2D eigenvalue weighted by Gasteiger charge is -2.32. The predicted octanol–water partition coefficient (Wildman–Crippen LogP) is 2.63. The topological polar surface area (TPSA) is 48.4 Å². The molecule has 3 atom stereocenters. The van der Waals surface area contributed by atoms with Crippen molar-refractivity contribution in [2.24, 2.45) is 5.92 Å². The molecule has 3 rings (SSSR count). The van der Waals surface area contributed by atoms with E-state index in [2.05, 4.69) is 11.9 Å². The van der Waals surface area contributed by atoms with Gasteiger partial charge in [0.05, 0.1) is 23.3 Å². The molecule has 1 aromatic heterocycles. The van der Waals surface area contributed by atoms with Gasteiger partial charge in [0.15, 0.2) is 5.78 Å². The van der Waals surface area contributed by atoms with Crippen LogP contribution >= 0.6 is 0 Å². The Morgan fingerprint density at radius 1 is 1.38 bits per heavy atom. The summed E-state index contributed by atoms with van der Waals surface area (Å²) in [6.07, 6.45) is 6.54. The first-order valence-electron chi connectivity index (χ1n) is 7.29. The number of carbonyl (C=O) groups is 1. The molecule has 110 valence electrons. The number of Topliss-reactive ketones (excluding diaryl/α,β-unsaturated/α-hetero) is 1. The van der Waals surface area contributed by atoms with Crippen LogP contribution in [-0.4, -0.2) is 30.6 Å². The van der Waals surface area contributed by atoms with Gasteiger partial charge in [0.2, 0.25) is 0 Å². The molecule has 1 aromatic rings. The highest BCUT2D eigenvalue weighted by molar-refractivity contribution is 6.04. The number of fused-ring (bicyclic) bond motifs is 1. The highest BCUT2D eigenvalue weighted by Gasteiger charge is 2.37. The number of methoxy groups -OCH3 is 1. The quantitative estimate of drug-likeness (QED) is 0.856. The molecule has 0 radical (unpaired) electrons. The molecule has 0 saturated carbocycles. The normalized spacial score (nSPS) is 28.3. The minimum absolute atomic E-state index is 0.0204. The van der Waals surface area contributed by atoms with Crippen LogP contribution in [0.15, 0.2) is 47.9 Å². The number of nitrogens with zero attached hydrogens (tertiary/aromatic N) is 1. The second-order valence-corrected chi connectivity index (χ2v) is 5.37. The highest BCUT2D eigenvalue weighted by atomic mass is 16.5. The molecule has 21 heavy (non-hydrogen) atoms. The van der Waals surface area contributed by atoms with E-state index in [9.17, 15) is 4.79 Å². The fourth-order valence-electron chi connectivity index (χ4n) is 2.91. The monoisotopic (exact) mass is 285 g/mol. The molecule has 4 heteroatoms. The highest BCUT2D eigenvalue weighted by Crippen LogP contribution is 2.35. The molecule has 0 bridgehead atoms. The number of carbonyl (C=O) groups excluding carboxylic acids is 1. The Hall–Kier alpha value is -1.94. The average Bonchev–Trinajstić information content (AvgIpc) is 2.55. The molecule has 0 amide bonds. The largest absolute Gasteiger partial charge is 0.492 e. The third-order valence-corrected chi connectivity index (χ3v) is 4.16. The zero-order valence-corrected chi connectivity index (χ0v) is 12.3. The number of ketones is 1. The fourth-order valence-corrected chi connectivity index (χ4v) is 2.91. The third kappa shape index (κ3) is 2.51. The van der Waals surface area contributed by atoms with Crippen LogP contribution < -0.4 is 0 Å². The van der Waals surface area contributed by atoms with Crippen molar-refractivity contribution in [3.63, 3.8) is 0 Å². The summed E-state index contributed by atoms with van der Waals surface area (Å²) in [4.78, 5) is 17.0. The van der Waals surface area contributed by atoms with Crippen LogP contribution in [0.1, 0.15) is 25.0 Å². The molecular weight excluding hydrogens is 266 g/mol. The first kappa shape index (κ1) is 14.0. The summed E-state index contributed by atoms with van der Waals surface area (Å²) in [5.41, 5.74) is 1.45. The van der Waals surface area contributed by atoms with Gasteiger partial charge < -0.3 is 9.47 Å². The van der Waals surface area contributed by atoms with E-state index < -0.39 is 0 Å². The summed E-state index contributed by atoms with van der Waals surface area (Å²) >= 11 is 0. The van der Waals surface area contributed by atoms with E-state index in [1.165, 1.54) is 0 Å². The van der Waals surface area contributed by atoms with Crippen LogP contribution in [0.2, 0.25) is 0 Å². The Morgan fingerprint density at radius 3 is 2.90 bits per heavy atom. The zero-order valence-electron chi connectivity index (χ0n) is 12.3. The molecule has 3 unspecified atom stereocenters. The number of rotatable bonds is 3. The second kappa shape index (κ2) is 5.82. The molecule has 4 nitrogen and oxygen atoms in total. The van der Waals surface area contributed by atoms with Crippen LogP contribution in [0.4, 0.5) is 0 Å². The number of hydrogen-bond donors (Lipinski definition) is 0. The van der Waals surface area contributed by atoms with E-state index in [1.54, 1.807) is 13.3 Å². The van der Waals surface area contributed by atoms with Gasteiger partial charge in [-0.1, -0.05) is 19.1 Å². The summed E-state index contributed by atoms with van der Waals surface area (Å²) < 4.78 is 11.3. The Labute approximate surface area is 124 Å². The van der Waals surface area contributed by atoms with Crippen LogP contribution in [0.25, 0.3) is 0 Å². The first-order chi connectivity index (χ1) is 10.2. The molecular formula is C17H19NO3. The van der Waals surface area contributed by atoms with Gasteiger partial charge in [-0.05, 0) is 24.6 Å². The van der Waals surface area contributed by atoms with Crippen LogP contribution in [-0.2, 0) is 14.3 Å². The lowest BCUT2D eigenvalue weighted by atomic mass is 9.83. The Balaban J connectivity index is 1.91. The second-order valence-electron chi connectivity index (χ2n) is 5.37. The van der Waals surface area contributed by atoms with E-state index in [1.807, 2.05) is 30.4 Å². The number of ether oxygens (including phenoxy) is 2. The lowest BCUT2D eigenvalue weighted by molar-refractivity contribution is -0.120. The van der Waals surface area contributed by atoms with Gasteiger partial charge in [-0.15, -0.1) is 0 Å². The molecule has 1 aliphatic carbocycles. The van der Waals surface area contributed by atoms with Gasteiger partial charge in [-0.25, -0.2) is 0 Å². The van der Waals surface area contributed by atoms with Gasteiger partial charge in [0.25, 0.3) is 0 Å². The smallest absolute Gasteiger partial charge is 0.178 e. The maximum absolute atomic E-state index is 12.7. The van der Waals surface area contributed by atoms with Crippen LogP contribution in [0.3, 0.4) is 0 Å². The van der Waals surface area contributed by atoms with E-state index in [-0.39, 0.29) is 23.7 Å². The first-order valence-corrected chi connectivity index (χ1v) is 7.29. The molecule has 1 fully saturated rings. The van der Waals surface area contributed by atoms with Crippen LogP contribution in [0, 0.1) is 5.92 Å². The molecule has 1 saturated heterocycles. The van der Waals surface area contributed by atoms with E-state index >= 15 is 0 Å². The zero-order chi connectivity index (χ0) is 14.8. The molecule has 2 aliphatic rings. The molecule has 0 spiro atoms. The Morgan fingerprint density at radius 2 is 2.24 bits per heavy atom. The number of hydrogen-bond acceptors (Lipinski definition) is 4. The SMILES string of the molecule is CCC1C=C2C(=O)C(c3ccccn3)COC2=CC1OC. The van der Waals surface area contributed by atoms with Gasteiger partial charge in [-0.2, -0.15) is 0 Å². The summed E-state index contributed by atoms with van der Waals surface area (Å²) in [5, 5.41) is 0. The van der Waals surface area contributed by atoms with Gasteiger partial charge in [0, 0.05) is 19.2 Å². The standard InChI is InChI=1S/C17H19NO3/c1-3-11-8-12-16(9-15(11)20-2)21-10-13(17(12)19)14-6-4-5-7-18-14/h4-9,11,13,15H,3,10H2,1-2H3. The van der Waals surface area contributed by atoms with Crippen molar-refractivity contribution in [1.82, 2.24) is 4.98 Å². The maximum Gasteiger partial charge on any atom is 0.178 e. The molecule has 0 N–H and O–H groups in total. The van der Waals surface area contributed by atoms with Crippen molar-refractivity contribution in [1.29, 1.82) is 0 Å². The minimum atomic E-state index is -0.314. The van der Waals surface area contributed by atoms with E-state index in [4.69, 9.17) is 9.47 Å². The molecule has 1 aliphatic heterocycles. The summed E-state index contributed by atoms with van der Waals surface area (Å²) in [5.74, 6) is 0.651. The third-order valence-electron chi connectivity index (χ3n) is 4.16. The molecule has 0 aromatic carbocycles. The summed E-state index contributed by atoms with van der Waals surface area (Å²) in [6.45, 7) is 2.43. The fraction of sp³-hybridized carbons (Fsp3) is 0.412. The van der Waals surface area contributed by atoms with Crippen molar-refractivity contribution >= 4 is 5.78 Å². The predicted molar refractivity (Wildman–Crippen MR) is 78.7 cm³/mol. The van der Waals surface area contributed by atoms with Gasteiger partial charge in [-0.3, -0.25) is 9.78 Å². The Bertz CT molecular complexity index is 591. The van der Waals surface area contributed by atoms with Gasteiger partial charge >= 0.3 is 0 Å². The maximum atomic E-state index is 12.7. The lowest BCUT2D eigenvalue weighted by Crippen LogP contribution is -2.33.